The van der Waals surface area contributed by atoms with Crippen molar-refractivity contribution in [3.8, 4) is 16.9 Å². The van der Waals surface area contributed by atoms with Gasteiger partial charge in [-0.25, -0.2) is 8.78 Å². The highest BCUT2D eigenvalue weighted by Crippen LogP contribution is 2.40. The summed E-state index contributed by atoms with van der Waals surface area (Å²) in [5.41, 5.74) is 0.362. The lowest BCUT2D eigenvalue weighted by molar-refractivity contribution is 0.0872. The van der Waals surface area contributed by atoms with E-state index >= 15 is 0 Å². The van der Waals surface area contributed by atoms with Gasteiger partial charge in [-0.3, -0.25) is 0 Å². The van der Waals surface area contributed by atoms with Crippen LogP contribution in [-0.4, -0.2) is 13.2 Å². The predicted molar refractivity (Wildman–Crippen MR) is 135 cm³/mol. The van der Waals surface area contributed by atoms with Crippen LogP contribution in [0.2, 0.25) is 0 Å². The highest BCUT2D eigenvalue weighted by atomic mass is 19.2. The van der Waals surface area contributed by atoms with Crippen LogP contribution in [0.3, 0.4) is 0 Å². The van der Waals surface area contributed by atoms with E-state index in [1.807, 2.05) is 0 Å². The molecular formula is C30H34F4O2. The predicted octanol–water partition coefficient (Wildman–Crippen LogP) is 9.17. The first-order chi connectivity index (χ1) is 17.4. The molecule has 2 aliphatic rings. The zero-order valence-corrected chi connectivity index (χ0v) is 21.0. The van der Waals surface area contributed by atoms with E-state index in [0.29, 0.717) is 30.4 Å². The van der Waals surface area contributed by atoms with Gasteiger partial charge in [0.05, 0.1) is 13.2 Å². The van der Waals surface area contributed by atoms with Gasteiger partial charge in [0.25, 0.3) is 0 Å². The fourth-order valence-electron chi connectivity index (χ4n) is 5.47. The minimum Gasteiger partial charge on any atom is -0.491 e. The van der Waals surface area contributed by atoms with E-state index in [0.717, 1.165) is 5.92 Å². The lowest BCUT2D eigenvalue weighted by Crippen LogP contribution is -2.27. The molecule has 1 fully saturated rings. The van der Waals surface area contributed by atoms with E-state index in [1.165, 1.54) is 74.9 Å². The van der Waals surface area contributed by atoms with E-state index < -0.39 is 23.3 Å². The van der Waals surface area contributed by atoms with E-state index in [1.54, 1.807) is 13.0 Å². The molecule has 1 heterocycles. The molecule has 0 saturated heterocycles. The van der Waals surface area contributed by atoms with Gasteiger partial charge in [0.15, 0.2) is 23.2 Å². The topological polar surface area (TPSA) is 18.5 Å². The zero-order valence-electron chi connectivity index (χ0n) is 21.0. The SMILES string of the molecule is CCCC1CCC(C2CC=C(/C(F)=C(\F)c3ccc(-c4ccc(OCC)c(F)c4F)cc3)OC2)CC1. The van der Waals surface area contributed by atoms with Crippen molar-refractivity contribution < 1.29 is 27.0 Å². The summed E-state index contributed by atoms with van der Waals surface area (Å²) in [6.07, 6.45) is 9.72. The molecule has 0 spiro atoms. The first-order valence-electron chi connectivity index (χ1n) is 13.0. The zero-order chi connectivity index (χ0) is 25.7. The average molecular weight is 503 g/mol. The van der Waals surface area contributed by atoms with Gasteiger partial charge in [0.1, 0.15) is 0 Å². The summed E-state index contributed by atoms with van der Waals surface area (Å²) in [6, 6.07) is 8.31. The molecule has 6 heteroatoms. The monoisotopic (exact) mass is 502 g/mol. The largest absolute Gasteiger partial charge is 0.491 e. The number of ether oxygens (including phenoxy) is 2. The summed E-state index contributed by atoms with van der Waals surface area (Å²) < 4.78 is 69.3. The molecule has 1 aliphatic carbocycles. The second kappa shape index (κ2) is 12.0. The molecular weight excluding hydrogens is 468 g/mol. The van der Waals surface area contributed by atoms with E-state index in [2.05, 4.69) is 6.92 Å². The van der Waals surface area contributed by atoms with Crippen molar-refractivity contribution in [2.75, 3.05) is 13.2 Å². The Balaban J connectivity index is 1.43. The minimum atomic E-state index is -1.08. The highest BCUT2D eigenvalue weighted by Gasteiger charge is 2.30. The van der Waals surface area contributed by atoms with E-state index in [4.69, 9.17) is 9.47 Å². The third-order valence-corrected chi connectivity index (χ3v) is 7.52. The van der Waals surface area contributed by atoms with Gasteiger partial charge in [0, 0.05) is 11.1 Å². The van der Waals surface area contributed by atoms with Crippen LogP contribution < -0.4 is 4.74 Å². The van der Waals surface area contributed by atoms with Crippen LogP contribution in [0.1, 0.15) is 64.4 Å². The van der Waals surface area contributed by atoms with Crippen molar-refractivity contribution in [3.05, 3.63) is 71.3 Å². The Morgan fingerprint density at radius 1 is 0.889 bits per heavy atom. The van der Waals surface area contributed by atoms with Gasteiger partial charge in [-0.15, -0.1) is 0 Å². The number of halogens is 4. The second-order valence-electron chi connectivity index (χ2n) is 9.82. The first-order valence-corrected chi connectivity index (χ1v) is 13.0. The number of rotatable bonds is 8. The Bertz CT molecular complexity index is 1100. The molecule has 2 nitrogen and oxygen atoms in total. The molecule has 0 aromatic heterocycles. The summed E-state index contributed by atoms with van der Waals surface area (Å²) in [4.78, 5) is 0. The van der Waals surface area contributed by atoms with Crippen LogP contribution in [0.25, 0.3) is 17.0 Å². The Hall–Kier alpha value is -2.76. The van der Waals surface area contributed by atoms with Crippen molar-refractivity contribution in [3.63, 3.8) is 0 Å². The van der Waals surface area contributed by atoms with Crippen molar-refractivity contribution in [2.45, 2.75) is 58.8 Å². The molecule has 194 valence electrons. The summed E-state index contributed by atoms with van der Waals surface area (Å²) >= 11 is 0. The van der Waals surface area contributed by atoms with Gasteiger partial charge in [0.2, 0.25) is 11.6 Å². The molecule has 36 heavy (non-hydrogen) atoms. The Morgan fingerprint density at radius 3 is 2.22 bits per heavy atom. The number of hydrogen-bond acceptors (Lipinski definition) is 2. The van der Waals surface area contributed by atoms with Gasteiger partial charge in [-0.2, -0.15) is 8.78 Å². The fraction of sp³-hybridized carbons (Fsp3) is 0.467. The average Bonchev–Trinajstić information content (AvgIpc) is 2.91. The smallest absolute Gasteiger partial charge is 0.201 e. The Kier molecular flexibility index (Phi) is 8.76. The van der Waals surface area contributed by atoms with Gasteiger partial charge in [-0.05, 0) is 67.7 Å². The maximum Gasteiger partial charge on any atom is 0.201 e. The summed E-state index contributed by atoms with van der Waals surface area (Å²) in [6.45, 7) is 4.52. The van der Waals surface area contributed by atoms with Crippen LogP contribution in [0.4, 0.5) is 17.6 Å². The van der Waals surface area contributed by atoms with E-state index in [-0.39, 0.29) is 29.2 Å². The summed E-state index contributed by atoms with van der Waals surface area (Å²) in [5.74, 6) is -2.69. The summed E-state index contributed by atoms with van der Waals surface area (Å²) in [7, 11) is 0. The molecule has 0 bridgehead atoms. The van der Waals surface area contributed by atoms with Crippen molar-refractivity contribution in [1.29, 1.82) is 0 Å². The van der Waals surface area contributed by atoms with Crippen LogP contribution in [0.5, 0.6) is 5.75 Å². The molecule has 1 atom stereocenters. The standard InChI is InChI=1S/C30H34F4O2/c1-3-5-19-6-8-20(9-7-19)23-14-16-26(36-18-23)29(33)27(31)22-12-10-21(11-13-22)24-15-17-25(35-4-2)30(34)28(24)32/h10-13,15-17,19-20,23H,3-9,14,18H2,1-2H3/b29-27+. The first kappa shape index (κ1) is 26.3. The maximum atomic E-state index is 14.9. The second-order valence-corrected chi connectivity index (χ2v) is 9.82. The van der Waals surface area contributed by atoms with Gasteiger partial charge < -0.3 is 9.47 Å². The third-order valence-electron chi connectivity index (χ3n) is 7.52. The molecule has 0 N–H and O–H groups in total. The van der Waals surface area contributed by atoms with Crippen LogP contribution in [0.15, 0.2) is 54.1 Å². The molecule has 1 aliphatic heterocycles. The number of hydrogen-bond donors (Lipinski definition) is 0. The molecule has 2 aromatic carbocycles. The van der Waals surface area contributed by atoms with Crippen LogP contribution in [-0.2, 0) is 4.74 Å². The molecule has 4 rings (SSSR count). The van der Waals surface area contributed by atoms with Gasteiger partial charge >= 0.3 is 0 Å². The molecule has 2 aromatic rings. The molecule has 0 radical (unpaired) electrons. The number of allylic oxidation sites excluding steroid dienone is 2. The van der Waals surface area contributed by atoms with Crippen molar-refractivity contribution in [1.82, 2.24) is 0 Å². The normalized spacial score (nSPS) is 22.9. The minimum absolute atomic E-state index is 0.00364. The molecule has 0 amide bonds. The highest BCUT2D eigenvalue weighted by molar-refractivity contribution is 5.70. The lowest BCUT2D eigenvalue weighted by atomic mass is 9.73. The van der Waals surface area contributed by atoms with Crippen molar-refractivity contribution >= 4 is 5.83 Å². The quantitative estimate of drug-likeness (QED) is 0.335. The lowest BCUT2D eigenvalue weighted by Gasteiger charge is -2.35. The van der Waals surface area contributed by atoms with Crippen LogP contribution in [0, 0.1) is 29.4 Å². The van der Waals surface area contributed by atoms with E-state index in [9.17, 15) is 17.6 Å². The Morgan fingerprint density at radius 2 is 1.61 bits per heavy atom. The van der Waals surface area contributed by atoms with Crippen molar-refractivity contribution in [2.24, 2.45) is 17.8 Å². The summed E-state index contributed by atoms with van der Waals surface area (Å²) in [5, 5.41) is 0. The maximum absolute atomic E-state index is 14.9. The molecule has 1 saturated carbocycles. The number of benzene rings is 2. The Labute approximate surface area is 211 Å². The van der Waals surface area contributed by atoms with Gasteiger partial charge in [-0.1, -0.05) is 56.9 Å². The fourth-order valence-corrected chi connectivity index (χ4v) is 5.47. The van der Waals surface area contributed by atoms with Crippen LogP contribution >= 0.6 is 0 Å². The third kappa shape index (κ3) is 5.79. The molecule has 1 unspecified atom stereocenters.